The first-order chi connectivity index (χ1) is 29.8. The molecule has 270 valence electrons. The van der Waals surface area contributed by atoms with E-state index < -0.39 is 0 Å². The molecule has 9 heterocycles. The Hall–Kier alpha value is -7.62. The number of fused-ring (bicyclic) bond motifs is 15. The molecule has 0 saturated heterocycles. The van der Waals surface area contributed by atoms with Crippen LogP contribution in [-0.4, -0.2) is 13.7 Å². The number of nitrogens with zero attached hydrogens (tertiary/aromatic N) is 3. The molecule has 3 nitrogen and oxygen atoms in total. The van der Waals surface area contributed by atoms with Crippen LogP contribution in [0.25, 0.3) is 131 Å². The minimum absolute atomic E-state index is 0.0701. The molecule has 3 unspecified atom stereocenters. The van der Waals surface area contributed by atoms with Crippen molar-refractivity contribution in [1.82, 2.24) is 13.7 Å². The van der Waals surface area contributed by atoms with E-state index in [0.717, 1.165) is 0 Å². The van der Waals surface area contributed by atoms with Crippen LogP contribution in [0.5, 0.6) is 0 Å². The molecule has 0 N–H and O–H groups in total. The van der Waals surface area contributed by atoms with Crippen molar-refractivity contribution in [2.45, 2.75) is 18.1 Å². The Morgan fingerprint density at radius 3 is 0.867 bits per heavy atom. The van der Waals surface area contributed by atoms with Crippen LogP contribution in [0.2, 0.25) is 0 Å². The molecule has 0 spiro atoms. The van der Waals surface area contributed by atoms with Crippen molar-refractivity contribution in [3.05, 3.63) is 179 Å². The van der Waals surface area contributed by atoms with Crippen LogP contribution in [0.3, 0.4) is 0 Å². The first-order valence-electron chi connectivity index (χ1n) is 21.5. The van der Waals surface area contributed by atoms with E-state index in [4.69, 9.17) is 0 Å². The van der Waals surface area contributed by atoms with Gasteiger partial charge in [0.25, 0.3) is 0 Å². The maximum atomic E-state index is 2.80. The molecule has 0 fully saturated rings. The molecular weight excluding hydrogens is 727 g/mol. The zero-order valence-corrected chi connectivity index (χ0v) is 31.9. The third-order valence-corrected chi connectivity index (χ3v) is 16.5. The molecule has 3 heteroatoms. The van der Waals surface area contributed by atoms with Crippen LogP contribution in [-0.2, 0) is 0 Å². The highest BCUT2D eigenvalue weighted by Crippen LogP contribution is 2.65. The van der Waals surface area contributed by atoms with Crippen molar-refractivity contribution in [3.63, 3.8) is 0 Å². The summed E-state index contributed by atoms with van der Waals surface area (Å²) in [4.78, 5) is 0. The lowest BCUT2D eigenvalue weighted by Gasteiger charge is -2.40. The average Bonchev–Trinajstić information content (AvgIpc) is 3.94. The summed E-state index contributed by atoms with van der Waals surface area (Å²) in [7, 11) is 0. The molecule has 0 radical (unpaired) electrons. The van der Waals surface area contributed by atoms with Crippen LogP contribution in [0.15, 0.2) is 146 Å². The van der Waals surface area contributed by atoms with E-state index in [1.165, 1.54) is 164 Å². The quantitative estimate of drug-likeness (QED) is 0.137. The molecule has 0 amide bonds. The predicted molar refractivity (Wildman–Crippen MR) is 246 cm³/mol. The lowest BCUT2D eigenvalue weighted by molar-refractivity contribution is 0.716. The summed E-state index contributed by atoms with van der Waals surface area (Å²) in [6.07, 6.45) is 0. The van der Waals surface area contributed by atoms with Gasteiger partial charge in [-0.2, -0.15) is 0 Å². The molecule has 19 rings (SSSR count). The van der Waals surface area contributed by atoms with Crippen LogP contribution >= 0.6 is 0 Å². The minimum Gasteiger partial charge on any atom is -0.328 e. The first-order valence-corrected chi connectivity index (χ1v) is 21.5. The van der Waals surface area contributed by atoms with Gasteiger partial charge in [0.1, 0.15) is 0 Å². The Bertz CT molecular complexity index is 4000. The van der Waals surface area contributed by atoms with Crippen molar-refractivity contribution >= 4 is 97.7 Å². The maximum absolute atomic E-state index is 2.80. The number of hydrogen-bond acceptors (Lipinski definition) is 0. The fourth-order valence-electron chi connectivity index (χ4n) is 14.7. The minimum atomic E-state index is 0.0701. The lowest BCUT2D eigenvalue weighted by atomic mass is 9.75. The summed E-state index contributed by atoms with van der Waals surface area (Å²) >= 11 is 0. The summed E-state index contributed by atoms with van der Waals surface area (Å²) in [6.45, 7) is 0. The Labute approximate surface area is 340 Å². The van der Waals surface area contributed by atoms with Crippen molar-refractivity contribution in [3.8, 4) is 33.4 Å². The van der Waals surface area contributed by atoms with Crippen molar-refractivity contribution in [1.29, 1.82) is 0 Å². The van der Waals surface area contributed by atoms with Gasteiger partial charge in [0, 0.05) is 81.3 Å². The Morgan fingerprint density at radius 2 is 0.533 bits per heavy atom. The van der Waals surface area contributed by atoms with E-state index in [-0.39, 0.29) is 18.1 Å². The van der Waals surface area contributed by atoms with Crippen molar-refractivity contribution < 1.29 is 0 Å². The smallest absolute Gasteiger partial charge is 0.0858 e. The highest BCUT2D eigenvalue weighted by Gasteiger charge is 2.45. The van der Waals surface area contributed by atoms with Crippen molar-refractivity contribution in [2.24, 2.45) is 0 Å². The second-order valence-corrected chi connectivity index (χ2v) is 18.5. The van der Waals surface area contributed by atoms with Crippen LogP contribution < -0.4 is 0 Å². The Morgan fingerprint density at radius 1 is 0.233 bits per heavy atom. The fraction of sp³-hybridized carbons (Fsp3) is 0.0526. The summed E-state index contributed by atoms with van der Waals surface area (Å²) in [5.74, 6) is 0. The molecular formula is C57H27N3. The average molecular weight is 754 g/mol. The van der Waals surface area contributed by atoms with Gasteiger partial charge < -0.3 is 13.7 Å². The molecule has 0 saturated carbocycles. The molecule has 3 atom stereocenters. The number of benzene rings is 10. The van der Waals surface area contributed by atoms with Gasteiger partial charge in [-0.25, -0.2) is 0 Å². The van der Waals surface area contributed by atoms with Gasteiger partial charge in [-0.3, -0.25) is 0 Å². The summed E-state index contributed by atoms with van der Waals surface area (Å²) in [6, 6.07) is 57.4. The summed E-state index contributed by atoms with van der Waals surface area (Å²) in [5.41, 5.74) is 25.1. The first kappa shape index (κ1) is 27.9. The summed E-state index contributed by atoms with van der Waals surface area (Å²) < 4.78 is 8.39. The van der Waals surface area contributed by atoms with Crippen LogP contribution in [0, 0.1) is 0 Å². The largest absolute Gasteiger partial charge is 0.328 e. The number of para-hydroxylation sites is 3. The number of rotatable bonds is 0. The summed E-state index contributed by atoms with van der Waals surface area (Å²) in [5, 5.41) is 17.1. The second kappa shape index (κ2) is 8.43. The monoisotopic (exact) mass is 753 g/mol. The lowest BCUT2D eigenvalue weighted by Crippen LogP contribution is -2.24. The van der Waals surface area contributed by atoms with Gasteiger partial charge >= 0.3 is 0 Å². The highest BCUT2D eigenvalue weighted by molar-refractivity contribution is 6.45. The molecule has 10 aromatic carbocycles. The molecule has 60 heavy (non-hydrogen) atoms. The third kappa shape index (κ3) is 2.46. The number of aromatic nitrogens is 3. The molecule has 6 aliphatic heterocycles. The van der Waals surface area contributed by atoms with E-state index in [0.29, 0.717) is 0 Å². The molecule has 3 aromatic heterocycles. The van der Waals surface area contributed by atoms with E-state index in [1.54, 1.807) is 0 Å². The van der Waals surface area contributed by atoms with Crippen molar-refractivity contribution in [2.75, 3.05) is 0 Å². The normalized spacial score (nSPS) is 18.5. The SMILES string of the molecule is c1ccc2c(c1)-c1cccc3c4cc5c6c7c8c(cc9c%10cccc%11c%10n%10c9c8c8c(cc9c%12cccc%13c%12n(c9c68)C5c5ccccc5-%13)C%10c5ccccc5-%11)C2n(c13)c47. The van der Waals surface area contributed by atoms with Gasteiger partial charge in [-0.1, -0.05) is 127 Å². The van der Waals surface area contributed by atoms with Gasteiger partial charge in [-0.05, 0) is 68.3 Å². The zero-order chi connectivity index (χ0) is 37.8. The Kier molecular flexibility index (Phi) is 3.92. The predicted octanol–water partition coefficient (Wildman–Crippen LogP) is 14.3. The van der Waals surface area contributed by atoms with Gasteiger partial charge in [0.15, 0.2) is 0 Å². The van der Waals surface area contributed by atoms with Gasteiger partial charge in [-0.15, -0.1) is 0 Å². The fourth-order valence-corrected chi connectivity index (χ4v) is 14.7. The second-order valence-electron chi connectivity index (χ2n) is 18.5. The van der Waals surface area contributed by atoms with E-state index in [9.17, 15) is 0 Å². The molecule has 6 aliphatic rings. The molecule has 0 bridgehead atoms. The Balaban J connectivity index is 1.21. The van der Waals surface area contributed by atoms with E-state index in [2.05, 4.69) is 159 Å². The number of hydrogen-bond donors (Lipinski definition) is 0. The highest BCUT2D eigenvalue weighted by atomic mass is 15.1. The van der Waals surface area contributed by atoms with Gasteiger partial charge in [0.05, 0.1) is 51.2 Å². The standard InChI is InChI=1S/C57H27N3/c1-4-13-28-25(10-1)31-16-7-19-34-37-23-41-44-46-43-40(52(28)58(49(31)34)55(37)46)22-38-35-20-8-17-32-27-12-3-6-15-30(27)54-42-24-39-36-21-9-18-33-26-11-2-5-14-29(26)53(41)60(51(33)36)57(39)48(44)45(42)47(43)56(38)59(54)50(32)35/h1-24,52-54H. The van der Waals surface area contributed by atoms with E-state index in [1.807, 2.05) is 0 Å². The van der Waals surface area contributed by atoms with Crippen LogP contribution in [0.4, 0.5) is 0 Å². The topological polar surface area (TPSA) is 14.8 Å². The zero-order valence-electron chi connectivity index (χ0n) is 31.9. The molecule has 13 aromatic rings. The maximum Gasteiger partial charge on any atom is 0.0858 e. The molecule has 0 aliphatic carbocycles. The third-order valence-electron chi connectivity index (χ3n) is 16.5. The van der Waals surface area contributed by atoms with Crippen LogP contribution in [0.1, 0.15) is 51.5 Å². The van der Waals surface area contributed by atoms with E-state index >= 15 is 0 Å². The van der Waals surface area contributed by atoms with Gasteiger partial charge in [0.2, 0.25) is 0 Å².